The Bertz CT molecular complexity index is 300. The first-order valence-corrected chi connectivity index (χ1v) is 5.71. The van der Waals surface area contributed by atoms with E-state index in [1.165, 1.54) is 20.8 Å². The molecule has 3 nitrogen and oxygen atoms in total. The van der Waals surface area contributed by atoms with Crippen molar-refractivity contribution in [3.63, 3.8) is 0 Å². The first-order chi connectivity index (χ1) is 7.66. The van der Waals surface area contributed by atoms with E-state index in [-0.39, 0.29) is 0 Å². The molecule has 108 valence electrons. The number of carbonyl (C=O) groups excluding carboxylic acids is 1. The summed E-state index contributed by atoms with van der Waals surface area (Å²) in [5.41, 5.74) is 3.40. The second kappa shape index (κ2) is 5.07. The molecule has 0 aliphatic rings. The second-order valence-corrected chi connectivity index (χ2v) is 6.44. The predicted molar refractivity (Wildman–Crippen MR) is 62.8 cm³/mol. The van der Waals surface area contributed by atoms with Crippen molar-refractivity contribution in [2.24, 2.45) is 17.1 Å². The summed E-state index contributed by atoms with van der Waals surface area (Å²) in [5, 5.41) is 0. The molecule has 18 heavy (non-hydrogen) atoms. The van der Waals surface area contributed by atoms with Gasteiger partial charge in [-0.1, -0.05) is 20.8 Å². The summed E-state index contributed by atoms with van der Waals surface area (Å²) in [7, 11) is 0. The SMILES string of the molecule is CC(C)(C)OC(=O)[C@@H]([C@@H](N)C(F)(F)F)C(C)(C)C. The Labute approximate surface area is 106 Å². The molecule has 0 spiro atoms. The lowest BCUT2D eigenvalue weighted by molar-refractivity contribution is -0.191. The van der Waals surface area contributed by atoms with Crippen molar-refractivity contribution in [3.8, 4) is 0 Å². The Morgan fingerprint density at radius 1 is 1.06 bits per heavy atom. The summed E-state index contributed by atoms with van der Waals surface area (Å²) in [5.74, 6) is -2.35. The summed E-state index contributed by atoms with van der Waals surface area (Å²) in [4.78, 5) is 11.9. The lowest BCUT2D eigenvalue weighted by atomic mass is 9.76. The predicted octanol–water partition coefficient (Wildman–Crippen LogP) is 2.88. The van der Waals surface area contributed by atoms with Crippen LogP contribution in [-0.2, 0) is 9.53 Å². The van der Waals surface area contributed by atoms with Crippen LogP contribution in [0.4, 0.5) is 13.2 Å². The molecule has 0 saturated heterocycles. The molecule has 6 heteroatoms. The Balaban J connectivity index is 5.22. The number of ether oxygens (including phenoxy) is 1. The van der Waals surface area contributed by atoms with Gasteiger partial charge in [0.05, 0.1) is 5.92 Å². The Morgan fingerprint density at radius 3 is 1.67 bits per heavy atom. The molecule has 2 atom stereocenters. The third-order valence-corrected chi connectivity index (χ3v) is 2.33. The summed E-state index contributed by atoms with van der Waals surface area (Å²) in [6.45, 7) is 9.41. The van der Waals surface area contributed by atoms with Crippen molar-refractivity contribution in [2.45, 2.75) is 59.4 Å². The van der Waals surface area contributed by atoms with Gasteiger partial charge in [-0.2, -0.15) is 13.2 Å². The van der Waals surface area contributed by atoms with E-state index in [2.05, 4.69) is 0 Å². The van der Waals surface area contributed by atoms with Crippen molar-refractivity contribution in [3.05, 3.63) is 0 Å². The van der Waals surface area contributed by atoms with E-state index >= 15 is 0 Å². The van der Waals surface area contributed by atoms with Crippen molar-refractivity contribution >= 4 is 5.97 Å². The normalized spacial score (nSPS) is 17.2. The zero-order valence-electron chi connectivity index (χ0n) is 11.7. The van der Waals surface area contributed by atoms with Crippen LogP contribution in [0, 0.1) is 11.3 Å². The first-order valence-electron chi connectivity index (χ1n) is 5.71. The quantitative estimate of drug-likeness (QED) is 0.784. The van der Waals surface area contributed by atoms with Crippen molar-refractivity contribution in [2.75, 3.05) is 0 Å². The Kier molecular flexibility index (Phi) is 4.85. The van der Waals surface area contributed by atoms with Crippen molar-refractivity contribution < 1.29 is 22.7 Å². The molecule has 0 heterocycles. The number of nitrogens with two attached hydrogens (primary N) is 1. The van der Waals surface area contributed by atoms with Gasteiger partial charge >= 0.3 is 12.1 Å². The standard InChI is InChI=1S/C12H22F3NO2/c1-10(2,3)7(8(16)12(13,14)15)9(17)18-11(4,5)6/h7-8H,16H2,1-6H3/t7-,8-/m1/s1. The largest absolute Gasteiger partial charge is 0.460 e. The minimum Gasteiger partial charge on any atom is -0.460 e. The molecule has 0 aliphatic heterocycles. The molecule has 0 radical (unpaired) electrons. The van der Waals surface area contributed by atoms with Crippen LogP contribution >= 0.6 is 0 Å². The van der Waals surface area contributed by atoms with E-state index in [0.717, 1.165) is 0 Å². The zero-order valence-corrected chi connectivity index (χ0v) is 11.7. The topological polar surface area (TPSA) is 52.3 Å². The maximum absolute atomic E-state index is 12.7. The van der Waals surface area contributed by atoms with E-state index < -0.39 is 35.1 Å². The number of hydrogen-bond donors (Lipinski definition) is 1. The van der Waals surface area contributed by atoms with Gasteiger partial charge in [0.25, 0.3) is 0 Å². The fraction of sp³-hybridized carbons (Fsp3) is 0.917. The van der Waals surface area contributed by atoms with Crippen LogP contribution in [0.2, 0.25) is 0 Å². The highest BCUT2D eigenvalue weighted by atomic mass is 19.4. The number of rotatable bonds is 2. The second-order valence-electron chi connectivity index (χ2n) is 6.44. The smallest absolute Gasteiger partial charge is 0.404 e. The van der Waals surface area contributed by atoms with Crippen LogP contribution in [-0.4, -0.2) is 23.8 Å². The third-order valence-electron chi connectivity index (χ3n) is 2.33. The van der Waals surface area contributed by atoms with Crippen molar-refractivity contribution in [1.82, 2.24) is 0 Å². The molecule has 0 amide bonds. The Morgan fingerprint density at radius 2 is 1.44 bits per heavy atom. The van der Waals surface area contributed by atoms with Gasteiger partial charge in [-0.15, -0.1) is 0 Å². The third kappa shape index (κ3) is 5.25. The lowest BCUT2D eigenvalue weighted by Gasteiger charge is -2.36. The molecular formula is C12H22F3NO2. The first kappa shape index (κ1) is 17.2. The number of halogens is 3. The molecule has 0 bridgehead atoms. The maximum atomic E-state index is 12.7. The van der Waals surface area contributed by atoms with E-state index in [4.69, 9.17) is 10.5 Å². The van der Waals surface area contributed by atoms with E-state index in [0.29, 0.717) is 0 Å². The van der Waals surface area contributed by atoms with Gasteiger partial charge in [-0.05, 0) is 26.2 Å². The highest BCUT2D eigenvalue weighted by molar-refractivity contribution is 5.74. The molecule has 0 aromatic carbocycles. The van der Waals surface area contributed by atoms with Crippen LogP contribution in [0.1, 0.15) is 41.5 Å². The summed E-state index contributed by atoms with van der Waals surface area (Å²) in [6.07, 6.45) is -4.63. The van der Waals surface area contributed by atoms with Crippen molar-refractivity contribution in [1.29, 1.82) is 0 Å². The maximum Gasteiger partial charge on any atom is 0.404 e. The summed E-state index contributed by atoms with van der Waals surface area (Å²) in [6, 6.07) is -2.23. The fourth-order valence-corrected chi connectivity index (χ4v) is 1.59. The van der Waals surface area contributed by atoms with Gasteiger partial charge in [0.1, 0.15) is 11.6 Å². The Hall–Kier alpha value is -0.780. The van der Waals surface area contributed by atoms with Gasteiger partial charge in [-0.3, -0.25) is 4.79 Å². The van der Waals surface area contributed by atoms with Gasteiger partial charge < -0.3 is 10.5 Å². The minimum atomic E-state index is -4.63. The van der Waals surface area contributed by atoms with E-state index in [9.17, 15) is 18.0 Å². The van der Waals surface area contributed by atoms with Crippen LogP contribution in [0.15, 0.2) is 0 Å². The van der Waals surface area contributed by atoms with Crippen LogP contribution in [0.5, 0.6) is 0 Å². The fourth-order valence-electron chi connectivity index (χ4n) is 1.59. The molecule has 2 N–H and O–H groups in total. The number of hydrogen-bond acceptors (Lipinski definition) is 3. The molecular weight excluding hydrogens is 247 g/mol. The lowest BCUT2D eigenvalue weighted by Crippen LogP contribution is -2.53. The molecule has 0 unspecified atom stereocenters. The average Bonchev–Trinajstić information content (AvgIpc) is 1.94. The molecule has 0 fully saturated rings. The van der Waals surface area contributed by atoms with Crippen LogP contribution in [0.3, 0.4) is 0 Å². The average molecular weight is 269 g/mol. The number of esters is 1. The minimum absolute atomic E-state index is 0.841. The molecule has 0 saturated carbocycles. The van der Waals surface area contributed by atoms with Gasteiger partial charge in [-0.25, -0.2) is 0 Å². The van der Waals surface area contributed by atoms with Crippen LogP contribution in [0.25, 0.3) is 0 Å². The van der Waals surface area contributed by atoms with Gasteiger partial charge in [0, 0.05) is 0 Å². The summed E-state index contributed by atoms with van der Waals surface area (Å²) >= 11 is 0. The zero-order chi connectivity index (χ0) is 14.9. The van der Waals surface area contributed by atoms with Gasteiger partial charge in [0.2, 0.25) is 0 Å². The highest BCUT2D eigenvalue weighted by Crippen LogP contribution is 2.36. The molecule has 0 rings (SSSR count). The monoisotopic (exact) mass is 269 g/mol. The van der Waals surface area contributed by atoms with Crippen LogP contribution < -0.4 is 5.73 Å². The summed E-state index contributed by atoms with van der Waals surface area (Å²) < 4.78 is 43.1. The number of carbonyl (C=O) groups is 1. The van der Waals surface area contributed by atoms with Gasteiger partial charge in [0.15, 0.2) is 0 Å². The van der Waals surface area contributed by atoms with E-state index in [1.54, 1.807) is 20.8 Å². The molecule has 0 aliphatic carbocycles. The highest BCUT2D eigenvalue weighted by Gasteiger charge is 2.50. The molecule has 0 aromatic rings. The number of alkyl halides is 3. The van der Waals surface area contributed by atoms with E-state index in [1.807, 2.05) is 0 Å². The molecule has 0 aromatic heterocycles.